The highest BCUT2D eigenvalue weighted by atomic mass is 16.5. The molecule has 2 rings (SSSR count). The van der Waals surface area contributed by atoms with Gasteiger partial charge in [-0.3, -0.25) is 0 Å². The number of hydrogen-bond acceptors (Lipinski definition) is 2. The second-order valence-electron chi connectivity index (χ2n) is 3.90. The van der Waals surface area contributed by atoms with E-state index in [9.17, 15) is 0 Å². The molecular formula is C13H16N2O. The van der Waals surface area contributed by atoms with Crippen molar-refractivity contribution < 1.29 is 4.74 Å². The van der Waals surface area contributed by atoms with Crippen LogP contribution >= 0.6 is 0 Å². The predicted octanol–water partition coefficient (Wildman–Crippen LogP) is 2.58. The summed E-state index contributed by atoms with van der Waals surface area (Å²) in [5.74, 6) is 0.934. The van der Waals surface area contributed by atoms with E-state index in [1.807, 2.05) is 16.8 Å². The molecule has 0 fully saturated rings. The Bertz CT molecular complexity index is 449. The van der Waals surface area contributed by atoms with Crippen molar-refractivity contribution in [3.8, 4) is 5.75 Å². The van der Waals surface area contributed by atoms with E-state index in [2.05, 4.69) is 31.0 Å². The van der Waals surface area contributed by atoms with Gasteiger partial charge in [-0.15, -0.1) is 0 Å². The summed E-state index contributed by atoms with van der Waals surface area (Å²) in [7, 11) is 0. The van der Waals surface area contributed by atoms with Crippen LogP contribution in [0.5, 0.6) is 5.75 Å². The third-order valence-corrected chi connectivity index (χ3v) is 2.66. The van der Waals surface area contributed by atoms with Crippen LogP contribution in [0.2, 0.25) is 0 Å². The minimum atomic E-state index is 0.666. The van der Waals surface area contributed by atoms with Crippen molar-refractivity contribution in [2.75, 3.05) is 6.61 Å². The summed E-state index contributed by atoms with van der Waals surface area (Å²) in [6, 6.07) is 6.17. The van der Waals surface area contributed by atoms with E-state index in [-0.39, 0.29) is 0 Å². The maximum absolute atomic E-state index is 5.67. The smallest absolute Gasteiger partial charge is 0.119 e. The zero-order valence-electron chi connectivity index (χ0n) is 9.68. The Morgan fingerprint density at radius 1 is 1.25 bits per heavy atom. The Labute approximate surface area is 95.7 Å². The zero-order chi connectivity index (χ0) is 11.4. The molecule has 0 bridgehead atoms. The van der Waals surface area contributed by atoms with Gasteiger partial charge >= 0.3 is 0 Å². The minimum Gasteiger partial charge on any atom is -0.492 e. The van der Waals surface area contributed by atoms with Gasteiger partial charge in [0.25, 0.3) is 0 Å². The van der Waals surface area contributed by atoms with E-state index >= 15 is 0 Å². The summed E-state index contributed by atoms with van der Waals surface area (Å²) in [5.41, 5.74) is 2.56. The third-order valence-electron chi connectivity index (χ3n) is 2.66. The van der Waals surface area contributed by atoms with Crippen molar-refractivity contribution in [2.24, 2.45) is 0 Å². The monoisotopic (exact) mass is 216 g/mol. The van der Waals surface area contributed by atoms with E-state index in [4.69, 9.17) is 4.74 Å². The van der Waals surface area contributed by atoms with Gasteiger partial charge in [-0.2, -0.15) is 0 Å². The predicted molar refractivity (Wildman–Crippen MR) is 63.6 cm³/mol. The first-order valence-corrected chi connectivity index (χ1v) is 5.41. The van der Waals surface area contributed by atoms with Gasteiger partial charge in [0.15, 0.2) is 0 Å². The maximum atomic E-state index is 5.67. The average Bonchev–Trinajstić information content (AvgIpc) is 2.76. The molecule has 0 atom stereocenters. The third kappa shape index (κ3) is 2.63. The molecule has 3 nitrogen and oxygen atoms in total. The lowest BCUT2D eigenvalue weighted by Gasteiger charge is -2.08. The number of hydrogen-bond donors (Lipinski definition) is 0. The summed E-state index contributed by atoms with van der Waals surface area (Å²) in [4.78, 5) is 3.98. The Balaban J connectivity index is 1.87. The molecule has 1 aromatic carbocycles. The summed E-state index contributed by atoms with van der Waals surface area (Å²) in [6.45, 7) is 5.69. The van der Waals surface area contributed by atoms with Crippen LogP contribution in [0.1, 0.15) is 11.1 Å². The number of aromatic nitrogens is 2. The Hall–Kier alpha value is -1.77. The largest absolute Gasteiger partial charge is 0.492 e. The molecule has 84 valence electrons. The first-order chi connectivity index (χ1) is 7.75. The summed E-state index contributed by atoms with van der Waals surface area (Å²) >= 11 is 0. The van der Waals surface area contributed by atoms with Gasteiger partial charge in [0.2, 0.25) is 0 Å². The first kappa shape index (κ1) is 10.7. The number of aryl methyl sites for hydroxylation is 2. The number of nitrogens with zero attached hydrogens (tertiary/aromatic N) is 2. The van der Waals surface area contributed by atoms with Crippen molar-refractivity contribution in [1.82, 2.24) is 9.55 Å². The maximum Gasteiger partial charge on any atom is 0.119 e. The Morgan fingerprint density at radius 3 is 2.81 bits per heavy atom. The van der Waals surface area contributed by atoms with Crippen molar-refractivity contribution in [1.29, 1.82) is 0 Å². The molecule has 0 radical (unpaired) electrons. The molecule has 0 aliphatic heterocycles. The number of imidazole rings is 1. The first-order valence-electron chi connectivity index (χ1n) is 5.41. The second-order valence-corrected chi connectivity index (χ2v) is 3.90. The van der Waals surface area contributed by atoms with Crippen LogP contribution in [0.3, 0.4) is 0 Å². The SMILES string of the molecule is Cc1ccc(OCCn2ccnc2)cc1C. The summed E-state index contributed by atoms with van der Waals surface area (Å²) in [6.07, 6.45) is 5.50. The molecule has 1 heterocycles. The molecule has 0 amide bonds. The van der Waals surface area contributed by atoms with Crippen LogP contribution < -0.4 is 4.74 Å². The quantitative estimate of drug-likeness (QED) is 0.785. The normalized spacial score (nSPS) is 10.4. The molecule has 16 heavy (non-hydrogen) atoms. The molecule has 3 heteroatoms. The van der Waals surface area contributed by atoms with Crippen LogP contribution in [0.15, 0.2) is 36.9 Å². The number of benzene rings is 1. The van der Waals surface area contributed by atoms with Gasteiger partial charge < -0.3 is 9.30 Å². The highest BCUT2D eigenvalue weighted by molar-refractivity contribution is 5.33. The fourth-order valence-electron chi connectivity index (χ4n) is 1.49. The van der Waals surface area contributed by atoms with E-state index in [1.165, 1.54) is 11.1 Å². The standard InChI is InChI=1S/C13H16N2O/c1-11-3-4-13(9-12(11)2)16-8-7-15-6-5-14-10-15/h3-6,9-10H,7-8H2,1-2H3. The molecule has 2 aromatic rings. The van der Waals surface area contributed by atoms with E-state index in [1.54, 1.807) is 12.5 Å². The van der Waals surface area contributed by atoms with Crippen LogP contribution in [0, 0.1) is 13.8 Å². The average molecular weight is 216 g/mol. The van der Waals surface area contributed by atoms with Crippen molar-refractivity contribution in [3.05, 3.63) is 48.0 Å². The lowest BCUT2D eigenvalue weighted by molar-refractivity contribution is 0.298. The fourth-order valence-corrected chi connectivity index (χ4v) is 1.49. The van der Waals surface area contributed by atoms with Crippen molar-refractivity contribution >= 4 is 0 Å². The number of ether oxygens (including phenoxy) is 1. The molecule has 1 aromatic heterocycles. The fraction of sp³-hybridized carbons (Fsp3) is 0.308. The van der Waals surface area contributed by atoms with E-state index < -0.39 is 0 Å². The molecule has 0 saturated carbocycles. The van der Waals surface area contributed by atoms with E-state index in [0.717, 1.165) is 12.3 Å². The Morgan fingerprint density at radius 2 is 2.12 bits per heavy atom. The van der Waals surface area contributed by atoms with Gasteiger partial charge in [0.05, 0.1) is 12.9 Å². The molecule has 0 N–H and O–H groups in total. The molecular weight excluding hydrogens is 200 g/mol. The topological polar surface area (TPSA) is 27.1 Å². The second kappa shape index (κ2) is 4.84. The van der Waals surface area contributed by atoms with Gasteiger partial charge in [-0.25, -0.2) is 4.98 Å². The highest BCUT2D eigenvalue weighted by Gasteiger charge is 1.97. The molecule has 0 aliphatic rings. The summed E-state index contributed by atoms with van der Waals surface area (Å²) < 4.78 is 7.67. The summed E-state index contributed by atoms with van der Waals surface area (Å²) in [5, 5.41) is 0. The lowest BCUT2D eigenvalue weighted by atomic mass is 10.1. The molecule has 0 unspecified atom stereocenters. The van der Waals surface area contributed by atoms with Crippen molar-refractivity contribution in [2.45, 2.75) is 20.4 Å². The van der Waals surface area contributed by atoms with Gasteiger partial charge in [0, 0.05) is 12.4 Å². The lowest BCUT2D eigenvalue weighted by Crippen LogP contribution is -2.06. The zero-order valence-corrected chi connectivity index (χ0v) is 9.68. The van der Waals surface area contributed by atoms with Crippen LogP contribution in [-0.4, -0.2) is 16.2 Å². The van der Waals surface area contributed by atoms with Crippen LogP contribution in [-0.2, 0) is 6.54 Å². The van der Waals surface area contributed by atoms with Gasteiger partial charge in [0.1, 0.15) is 12.4 Å². The van der Waals surface area contributed by atoms with E-state index in [0.29, 0.717) is 6.61 Å². The number of rotatable bonds is 4. The van der Waals surface area contributed by atoms with Gasteiger partial charge in [-0.1, -0.05) is 6.07 Å². The van der Waals surface area contributed by atoms with Crippen LogP contribution in [0.4, 0.5) is 0 Å². The van der Waals surface area contributed by atoms with Crippen molar-refractivity contribution in [3.63, 3.8) is 0 Å². The molecule has 0 spiro atoms. The minimum absolute atomic E-state index is 0.666. The highest BCUT2D eigenvalue weighted by Crippen LogP contribution is 2.16. The van der Waals surface area contributed by atoms with Crippen LogP contribution in [0.25, 0.3) is 0 Å². The van der Waals surface area contributed by atoms with Gasteiger partial charge in [-0.05, 0) is 37.1 Å². The Kier molecular flexibility index (Phi) is 3.25. The molecule has 0 aliphatic carbocycles. The molecule has 0 saturated heterocycles.